The van der Waals surface area contributed by atoms with Gasteiger partial charge in [0.15, 0.2) is 12.4 Å². The third kappa shape index (κ3) is 3.47. The zero-order chi connectivity index (χ0) is 21.4. The summed E-state index contributed by atoms with van der Waals surface area (Å²) in [4.78, 5) is 50.3. The number of benzene rings is 2. The van der Waals surface area contributed by atoms with Crippen LogP contribution in [0.25, 0.3) is 10.8 Å². The number of likely N-dealkylation sites (N-methyl/N-ethyl adjacent to an activating group) is 1. The van der Waals surface area contributed by atoms with Crippen molar-refractivity contribution in [3.05, 3.63) is 69.6 Å². The molecule has 0 fully saturated rings. The number of nitrogens with zero attached hydrogens (tertiary/aromatic N) is 3. The highest BCUT2D eigenvalue weighted by Gasteiger charge is 2.25. The fraction of sp³-hybridized carbons (Fsp3) is 0.227. The molecule has 2 heterocycles. The molecule has 0 saturated carbocycles. The van der Waals surface area contributed by atoms with Crippen LogP contribution in [0.1, 0.15) is 21.6 Å². The van der Waals surface area contributed by atoms with Gasteiger partial charge >= 0.3 is 5.97 Å². The van der Waals surface area contributed by atoms with Crippen LogP contribution in [0.15, 0.2) is 47.3 Å². The number of fused-ring (bicyclic) bond motifs is 2. The average molecular weight is 405 g/mol. The van der Waals surface area contributed by atoms with Gasteiger partial charge in [-0.15, -0.1) is 0 Å². The topological polar surface area (TPSA) is 98.6 Å². The van der Waals surface area contributed by atoms with Crippen molar-refractivity contribution in [2.24, 2.45) is 7.05 Å². The molecule has 1 aromatic heterocycles. The second-order valence-corrected chi connectivity index (χ2v) is 7.15. The maximum absolute atomic E-state index is 12.4. The summed E-state index contributed by atoms with van der Waals surface area (Å²) in [5.74, 6) is -1.000. The van der Waals surface area contributed by atoms with E-state index in [2.05, 4.69) is 5.10 Å². The zero-order valence-corrected chi connectivity index (χ0v) is 16.5. The van der Waals surface area contributed by atoms with E-state index >= 15 is 0 Å². The molecule has 0 radical (unpaired) electrons. The van der Waals surface area contributed by atoms with Gasteiger partial charge in [0.25, 0.3) is 5.56 Å². The lowest BCUT2D eigenvalue weighted by molar-refractivity contribution is -0.141. The number of ether oxygens (including phenoxy) is 1. The molecule has 8 nitrogen and oxygen atoms in total. The lowest BCUT2D eigenvalue weighted by Gasteiger charge is -2.10. The van der Waals surface area contributed by atoms with Gasteiger partial charge in [0.05, 0.1) is 23.9 Å². The Bertz CT molecular complexity index is 1260. The van der Waals surface area contributed by atoms with Crippen LogP contribution in [-0.2, 0) is 34.2 Å². The maximum atomic E-state index is 12.4. The van der Waals surface area contributed by atoms with Crippen molar-refractivity contribution >= 4 is 34.1 Å². The molecule has 2 aromatic carbocycles. The third-order valence-electron chi connectivity index (χ3n) is 5.19. The second kappa shape index (κ2) is 7.55. The summed E-state index contributed by atoms with van der Waals surface area (Å²) in [5, 5.41) is 5.21. The molecule has 0 bridgehead atoms. The van der Waals surface area contributed by atoms with Crippen molar-refractivity contribution in [3.63, 3.8) is 0 Å². The van der Waals surface area contributed by atoms with Gasteiger partial charge in [-0.05, 0) is 29.8 Å². The molecular formula is C22H19N3O5. The Kier molecular flexibility index (Phi) is 4.91. The van der Waals surface area contributed by atoms with E-state index in [1.54, 1.807) is 54.4 Å². The first-order valence-electron chi connectivity index (χ1n) is 9.38. The Morgan fingerprint density at radius 3 is 2.57 bits per heavy atom. The van der Waals surface area contributed by atoms with Crippen LogP contribution in [0.4, 0.5) is 5.69 Å². The molecule has 8 heteroatoms. The van der Waals surface area contributed by atoms with Gasteiger partial charge in [0.2, 0.25) is 5.91 Å². The smallest absolute Gasteiger partial charge is 0.312 e. The van der Waals surface area contributed by atoms with Crippen molar-refractivity contribution in [2.75, 3.05) is 18.6 Å². The summed E-state index contributed by atoms with van der Waals surface area (Å²) >= 11 is 0. The summed E-state index contributed by atoms with van der Waals surface area (Å²) in [5.41, 5.74) is 2.10. The first-order chi connectivity index (χ1) is 14.3. The van der Waals surface area contributed by atoms with E-state index in [9.17, 15) is 19.2 Å². The SMILES string of the molecule is CN1C(=O)Cc2cc(C(=O)COC(=O)Cc3nn(C)c(=O)c4ccccc34)ccc21. The predicted molar refractivity (Wildman–Crippen MR) is 110 cm³/mol. The number of anilines is 1. The van der Waals surface area contributed by atoms with Crippen LogP contribution >= 0.6 is 0 Å². The monoisotopic (exact) mass is 405 g/mol. The maximum Gasteiger partial charge on any atom is 0.312 e. The summed E-state index contributed by atoms with van der Waals surface area (Å²) in [6, 6.07) is 11.9. The van der Waals surface area contributed by atoms with E-state index in [1.807, 2.05) is 0 Å². The molecule has 152 valence electrons. The Morgan fingerprint density at radius 1 is 1.07 bits per heavy atom. The lowest BCUT2D eigenvalue weighted by Crippen LogP contribution is -2.23. The number of hydrogen-bond acceptors (Lipinski definition) is 6. The molecule has 0 N–H and O–H groups in total. The van der Waals surface area contributed by atoms with Gasteiger partial charge in [-0.3, -0.25) is 19.2 Å². The van der Waals surface area contributed by atoms with Crippen LogP contribution in [0, 0.1) is 0 Å². The molecule has 0 unspecified atom stereocenters. The van der Waals surface area contributed by atoms with Crippen molar-refractivity contribution in [1.82, 2.24) is 9.78 Å². The van der Waals surface area contributed by atoms with E-state index in [1.165, 1.54) is 11.7 Å². The number of ketones is 1. The fourth-order valence-corrected chi connectivity index (χ4v) is 3.57. The molecule has 4 rings (SSSR count). The number of amides is 1. The standard InChI is InChI=1S/C22H19N3O5/c1-24-18-8-7-13(9-14(18)10-20(24)27)19(26)12-30-21(28)11-17-15-5-3-4-6-16(15)22(29)25(2)23-17/h3-9H,10-12H2,1-2H3. The Hall–Kier alpha value is -3.81. The molecule has 30 heavy (non-hydrogen) atoms. The van der Waals surface area contributed by atoms with E-state index in [-0.39, 0.29) is 30.1 Å². The molecule has 1 amide bonds. The van der Waals surface area contributed by atoms with Crippen LogP contribution in [-0.4, -0.2) is 41.1 Å². The first-order valence-corrected chi connectivity index (χ1v) is 9.38. The van der Waals surface area contributed by atoms with E-state index < -0.39 is 12.6 Å². The molecule has 3 aromatic rings. The molecule has 1 aliphatic heterocycles. The Balaban J connectivity index is 1.45. The zero-order valence-electron chi connectivity index (χ0n) is 16.5. The van der Waals surface area contributed by atoms with E-state index in [0.29, 0.717) is 22.0 Å². The van der Waals surface area contributed by atoms with Crippen molar-refractivity contribution in [3.8, 4) is 0 Å². The minimum absolute atomic E-state index is 0.0296. The van der Waals surface area contributed by atoms with Crippen molar-refractivity contribution in [2.45, 2.75) is 12.8 Å². The molecule has 0 spiro atoms. The third-order valence-corrected chi connectivity index (χ3v) is 5.19. The fourth-order valence-electron chi connectivity index (χ4n) is 3.57. The summed E-state index contributed by atoms with van der Waals surface area (Å²) in [7, 11) is 3.21. The molecular weight excluding hydrogens is 386 g/mol. The molecule has 0 saturated heterocycles. The minimum Gasteiger partial charge on any atom is -0.457 e. The number of carbonyl (C=O) groups excluding carboxylic acids is 3. The summed E-state index contributed by atoms with van der Waals surface area (Å²) in [6.07, 6.45) is 0.0869. The second-order valence-electron chi connectivity index (χ2n) is 7.15. The predicted octanol–water partition coefficient (Wildman–Crippen LogP) is 1.42. The van der Waals surface area contributed by atoms with Gasteiger partial charge in [-0.2, -0.15) is 5.10 Å². The number of Topliss-reactive ketones (excluding diaryl/α,β-unsaturated/α-hetero) is 1. The largest absolute Gasteiger partial charge is 0.457 e. The highest BCUT2D eigenvalue weighted by molar-refractivity contribution is 6.04. The lowest BCUT2D eigenvalue weighted by atomic mass is 10.1. The normalized spacial score (nSPS) is 12.9. The summed E-state index contributed by atoms with van der Waals surface area (Å²) in [6.45, 7) is -0.412. The van der Waals surface area contributed by atoms with E-state index in [4.69, 9.17) is 4.74 Å². The Morgan fingerprint density at radius 2 is 1.80 bits per heavy atom. The van der Waals surface area contributed by atoms with Gasteiger partial charge in [0.1, 0.15) is 0 Å². The number of esters is 1. The van der Waals surface area contributed by atoms with Crippen LogP contribution < -0.4 is 10.5 Å². The average Bonchev–Trinajstić information content (AvgIpc) is 3.03. The van der Waals surface area contributed by atoms with Crippen LogP contribution in [0.3, 0.4) is 0 Å². The quantitative estimate of drug-likeness (QED) is 0.470. The highest BCUT2D eigenvalue weighted by atomic mass is 16.5. The number of aromatic nitrogens is 2. The molecule has 0 atom stereocenters. The van der Waals surface area contributed by atoms with Crippen LogP contribution in [0.2, 0.25) is 0 Å². The number of rotatable bonds is 5. The number of hydrogen-bond donors (Lipinski definition) is 0. The molecule has 0 aliphatic carbocycles. The first kappa shape index (κ1) is 19.5. The van der Waals surface area contributed by atoms with Gasteiger partial charge in [-0.25, -0.2) is 4.68 Å². The van der Waals surface area contributed by atoms with Gasteiger partial charge in [-0.1, -0.05) is 18.2 Å². The minimum atomic E-state index is -0.615. The van der Waals surface area contributed by atoms with Crippen molar-refractivity contribution in [1.29, 1.82) is 0 Å². The Labute approximate surface area is 171 Å². The van der Waals surface area contributed by atoms with Crippen LogP contribution in [0.5, 0.6) is 0 Å². The van der Waals surface area contributed by atoms with Gasteiger partial charge < -0.3 is 9.64 Å². The highest BCUT2D eigenvalue weighted by Crippen LogP contribution is 2.28. The van der Waals surface area contributed by atoms with Gasteiger partial charge in [0, 0.05) is 30.7 Å². The summed E-state index contributed by atoms with van der Waals surface area (Å²) < 4.78 is 6.33. The number of carbonyl (C=O) groups is 3. The number of aryl methyl sites for hydroxylation is 1. The van der Waals surface area contributed by atoms with E-state index in [0.717, 1.165) is 11.3 Å². The molecule has 1 aliphatic rings. The van der Waals surface area contributed by atoms with Crippen molar-refractivity contribution < 1.29 is 19.1 Å².